The molecule has 0 saturated heterocycles. The van der Waals surface area contributed by atoms with Gasteiger partial charge in [0.15, 0.2) is 0 Å². The molecular formula is C16H29NO4. The lowest BCUT2D eigenvalue weighted by atomic mass is 9.94. The third kappa shape index (κ3) is 7.46. The lowest BCUT2D eigenvalue weighted by Gasteiger charge is -2.28. The first-order valence-electron chi connectivity index (χ1n) is 7.96. The molecule has 0 heterocycles. The highest BCUT2D eigenvalue weighted by Crippen LogP contribution is 2.19. The maximum Gasteiger partial charge on any atom is 0.323 e. The molecule has 0 aliphatic heterocycles. The molecule has 1 unspecified atom stereocenters. The second kappa shape index (κ2) is 8.37. The SMILES string of the molecule is CCOC(=O)C(CC(=O)OC(C)(C)C)NC1CCCCC1. The number of hydrogen-bond acceptors (Lipinski definition) is 5. The maximum atomic E-state index is 12.0. The minimum Gasteiger partial charge on any atom is -0.465 e. The van der Waals surface area contributed by atoms with Gasteiger partial charge in [-0.25, -0.2) is 0 Å². The summed E-state index contributed by atoms with van der Waals surface area (Å²) in [6.07, 6.45) is 5.69. The zero-order valence-corrected chi connectivity index (χ0v) is 13.7. The van der Waals surface area contributed by atoms with E-state index in [0.29, 0.717) is 6.61 Å². The monoisotopic (exact) mass is 299 g/mol. The van der Waals surface area contributed by atoms with E-state index in [1.54, 1.807) is 6.92 Å². The van der Waals surface area contributed by atoms with Crippen LogP contribution < -0.4 is 5.32 Å². The molecule has 1 aliphatic rings. The molecule has 1 atom stereocenters. The van der Waals surface area contributed by atoms with Crippen LogP contribution in [0, 0.1) is 0 Å². The third-order valence-corrected chi connectivity index (χ3v) is 3.40. The van der Waals surface area contributed by atoms with Crippen LogP contribution in [0.3, 0.4) is 0 Å². The van der Waals surface area contributed by atoms with Gasteiger partial charge in [-0.2, -0.15) is 0 Å². The van der Waals surface area contributed by atoms with Crippen LogP contribution in [0.4, 0.5) is 0 Å². The van der Waals surface area contributed by atoms with Gasteiger partial charge in [0.25, 0.3) is 0 Å². The van der Waals surface area contributed by atoms with Crippen molar-refractivity contribution in [3.8, 4) is 0 Å². The van der Waals surface area contributed by atoms with Crippen molar-refractivity contribution in [2.75, 3.05) is 6.61 Å². The molecule has 0 aromatic carbocycles. The van der Waals surface area contributed by atoms with Crippen molar-refractivity contribution >= 4 is 11.9 Å². The summed E-state index contributed by atoms with van der Waals surface area (Å²) in [6, 6.07) is -0.321. The van der Waals surface area contributed by atoms with Gasteiger partial charge in [-0.15, -0.1) is 0 Å². The number of carbonyl (C=O) groups is 2. The molecule has 5 heteroatoms. The van der Waals surface area contributed by atoms with Gasteiger partial charge in [0.05, 0.1) is 13.0 Å². The number of hydrogen-bond donors (Lipinski definition) is 1. The van der Waals surface area contributed by atoms with Crippen LogP contribution in [0.5, 0.6) is 0 Å². The molecule has 21 heavy (non-hydrogen) atoms. The second-order valence-electron chi connectivity index (χ2n) is 6.60. The van der Waals surface area contributed by atoms with Gasteiger partial charge in [-0.05, 0) is 40.5 Å². The summed E-state index contributed by atoms with van der Waals surface area (Å²) in [5.74, 6) is -0.738. The van der Waals surface area contributed by atoms with Gasteiger partial charge in [0.1, 0.15) is 11.6 Å². The number of nitrogens with one attached hydrogen (secondary N) is 1. The summed E-state index contributed by atoms with van der Waals surface area (Å²) in [5, 5.41) is 3.28. The Kier molecular flexibility index (Phi) is 7.15. The highest BCUT2D eigenvalue weighted by molar-refractivity contribution is 5.82. The Morgan fingerprint density at radius 2 is 1.81 bits per heavy atom. The number of carbonyl (C=O) groups excluding carboxylic acids is 2. The Morgan fingerprint density at radius 3 is 2.33 bits per heavy atom. The van der Waals surface area contributed by atoms with Crippen molar-refractivity contribution in [2.24, 2.45) is 0 Å². The van der Waals surface area contributed by atoms with Crippen molar-refractivity contribution in [3.05, 3.63) is 0 Å². The van der Waals surface area contributed by atoms with Gasteiger partial charge >= 0.3 is 11.9 Å². The predicted octanol–water partition coefficient (Wildman–Crippen LogP) is 2.57. The van der Waals surface area contributed by atoms with Crippen LogP contribution in [0.1, 0.15) is 66.2 Å². The molecule has 0 aromatic heterocycles. The highest BCUT2D eigenvalue weighted by Gasteiger charge is 2.29. The molecule has 0 spiro atoms. The van der Waals surface area contributed by atoms with Crippen molar-refractivity contribution in [1.29, 1.82) is 0 Å². The molecule has 1 saturated carbocycles. The summed E-state index contributed by atoms with van der Waals surface area (Å²) in [5.41, 5.74) is -0.541. The van der Waals surface area contributed by atoms with Crippen LogP contribution in [0.2, 0.25) is 0 Å². The molecule has 0 radical (unpaired) electrons. The summed E-state index contributed by atoms with van der Waals surface area (Å²) >= 11 is 0. The molecule has 0 bridgehead atoms. The first-order chi connectivity index (χ1) is 9.81. The maximum absolute atomic E-state index is 12.0. The fourth-order valence-electron chi connectivity index (χ4n) is 2.56. The molecular weight excluding hydrogens is 270 g/mol. The van der Waals surface area contributed by atoms with E-state index in [4.69, 9.17) is 9.47 Å². The quantitative estimate of drug-likeness (QED) is 0.764. The summed E-state index contributed by atoms with van der Waals surface area (Å²) < 4.78 is 10.4. The Labute approximate surface area is 127 Å². The second-order valence-corrected chi connectivity index (χ2v) is 6.60. The standard InChI is InChI=1S/C16H29NO4/c1-5-20-15(19)13(11-14(18)21-16(2,3)4)17-12-9-7-6-8-10-12/h12-13,17H,5-11H2,1-4H3. The molecule has 5 nitrogen and oxygen atoms in total. The van der Waals surface area contributed by atoms with E-state index in [9.17, 15) is 9.59 Å². The number of rotatable bonds is 6. The fourth-order valence-corrected chi connectivity index (χ4v) is 2.56. The fraction of sp³-hybridized carbons (Fsp3) is 0.875. The number of ether oxygens (including phenoxy) is 2. The summed E-state index contributed by atoms with van der Waals surface area (Å²) in [4.78, 5) is 24.0. The summed E-state index contributed by atoms with van der Waals surface area (Å²) in [6.45, 7) is 7.54. The molecule has 1 aliphatic carbocycles. The van der Waals surface area contributed by atoms with Crippen molar-refractivity contribution in [2.45, 2.75) is 83.9 Å². The zero-order chi connectivity index (χ0) is 15.9. The van der Waals surface area contributed by atoms with Gasteiger partial charge in [0.2, 0.25) is 0 Å². The van der Waals surface area contributed by atoms with Gasteiger partial charge in [-0.3, -0.25) is 9.59 Å². The third-order valence-electron chi connectivity index (χ3n) is 3.40. The van der Waals surface area contributed by atoms with E-state index in [-0.39, 0.29) is 24.4 Å². The highest BCUT2D eigenvalue weighted by atomic mass is 16.6. The molecule has 122 valence electrons. The van der Waals surface area contributed by atoms with Crippen LogP contribution in [-0.4, -0.2) is 36.2 Å². The van der Waals surface area contributed by atoms with E-state index >= 15 is 0 Å². The Hall–Kier alpha value is -1.10. The average Bonchev–Trinajstić information content (AvgIpc) is 2.37. The Balaban J connectivity index is 2.58. The Bertz CT molecular complexity index is 343. The van der Waals surface area contributed by atoms with Crippen molar-refractivity contribution < 1.29 is 19.1 Å². The van der Waals surface area contributed by atoms with Gasteiger partial charge in [0, 0.05) is 6.04 Å². The molecule has 1 N–H and O–H groups in total. The van der Waals surface area contributed by atoms with Crippen LogP contribution in [-0.2, 0) is 19.1 Å². The van der Waals surface area contributed by atoms with E-state index in [1.807, 2.05) is 20.8 Å². The van der Waals surface area contributed by atoms with Crippen molar-refractivity contribution in [3.63, 3.8) is 0 Å². The number of esters is 2. The van der Waals surface area contributed by atoms with Gasteiger partial charge in [-0.1, -0.05) is 19.3 Å². The van der Waals surface area contributed by atoms with Gasteiger partial charge < -0.3 is 14.8 Å². The molecule has 1 rings (SSSR count). The van der Waals surface area contributed by atoms with E-state index < -0.39 is 11.6 Å². The predicted molar refractivity (Wildman–Crippen MR) is 80.9 cm³/mol. The largest absolute Gasteiger partial charge is 0.465 e. The summed E-state index contributed by atoms with van der Waals surface area (Å²) in [7, 11) is 0. The van der Waals surface area contributed by atoms with Crippen LogP contribution in [0.15, 0.2) is 0 Å². The first kappa shape index (κ1) is 18.0. The topological polar surface area (TPSA) is 64.6 Å². The average molecular weight is 299 g/mol. The Morgan fingerprint density at radius 1 is 1.19 bits per heavy atom. The van der Waals surface area contributed by atoms with E-state index in [0.717, 1.165) is 12.8 Å². The zero-order valence-electron chi connectivity index (χ0n) is 13.7. The lowest BCUT2D eigenvalue weighted by Crippen LogP contribution is -2.46. The van der Waals surface area contributed by atoms with Crippen LogP contribution >= 0.6 is 0 Å². The smallest absolute Gasteiger partial charge is 0.323 e. The van der Waals surface area contributed by atoms with Crippen molar-refractivity contribution in [1.82, 2.24) is 5.32 Å². The normalized spacial score (nSPS) is 18.1. The molecule has 1 fully saturated rings. The van der Waals surface area contributed by atoms with Crippen LogP contribution in [0.25, 0.3) is 0 Å². The van der Waals surface area contributed by atoms with E-state index in [2.05, 4.69) is 5.32 Å². The minimum absolute atomic E-state index is 0.0204. The molecule has 0 amide bonds. The lowest BCUT2D eigenvalue weighted by molar-refractivity contribution is -0.159. The molecule has 0 aromatic rings. The first-order valence-corrected chi connectivity index (χ1v) is 7.96. The minimum atomic E-state index is -0.608. The van der Waals surface area contributed by atoms with E-state index in [1.165, 1.54) is 19.3 Å².